The van der Waals surface area contributed by atoms with Crippen LogP contribution in [0.15, 0.2) is 4.99 Å². The fraction of sp³-hybridized carbons (Fsp3) is 0.923. The van der Waals surface area contributed by atoms with Crippen molar-refractivity contribution in [3.8, 4) is 0 Å². The molecule has 0 aromatic rings. The van der Waals surface area contributed by atoms with Gasteiger partial charge < -0.3 is 20.5 Å². The predicted octanol–water partition coefficient (Wildman–Crippen LogP) is 0.987. The smallest absolute Gasteiger partial charge is 0.191 e. The van der Waals surface area contributed by atoms with Gasteiger partial charge in [0, 0.05) is 25.6 Å². The van der Waals surface area contributed by atoms with Gasteiger partial charge in [-0.1, -0.05) is 13.8 Å². The minimum atomic E-state index is -0.0936. The maximum Gasteiger partial charge on any atom is 0.191 e. The monoisotopic (exact) mass is 259 g/mol. The van der Waals surface area contributed by atoms with Crippen molar-refractivity contribution >= 4 is 5.96 Å². The van der Waals surface area contributed by atoms with Crippen LogP contribution >= 0.6 is 0 Å². The number of hydrogen-bond donors (Lipinski definition) is 3. The minimum absolute atomic E-state index is 0.0936. The highest BCUT2D eigenvalue weighted by atomic mass is 16.5. The molecule has 18 heavy (non-hydrogen) atoms. The largest absolute Gasteiger partial charge is 0.396 e. The van der Waals surface area contributed by atoms with E-state index in [0.29, 0.717) is 13.2 Å². The first-order chi connectivity index (χ1) is 8.67. The third kappa shape index (κ3) is 6.21. The molecule has 0 fully saturated rings. The summed E-state index contributed by atoms with van der Waals surface area (Å²) >= 11 is 0. The van der Waals surface area contributed by atoms with Crippen molar-refractivity contribution in [3.63, 3.8) is 0 Å². The topological polar surface area (TPSA) is 65.9 Å². The number of rotatable bonds is 9. The van der Waals surface area contributed by atoms with Gasteiger partial charge in [0.05, 0.1) is 19.8 Å². The van der Waals surface area contributed by atoms with E-state index in [0.717, 1.165) is 31.9 Å². The van der Waals surface area contributed by atoms with Crippen LogP contribution in [0.25, 0.3) is 0 Å². The van der Waals surface area contributed by atoms with Gasteiger partial charge in [-0.25, -0.2) is 0 Å². The molecule has 0 saturated carbocycles. The number of methoxy groups -OCH3 is 1. The number of nitrogens with one attached hydrogen (secondary N) is 2. The number of aliphatic hydroxyl groups is 1. The molecule has 0 saturated heterocycles. The van der Waals surface area contributed by atoms with Gasteiger partial charge >= 0.3 is 0 Å². The molecular weight excluding hydrogens is 230 g/mol. The third-order valence-corrected chi connectivity index (χ3v) is 3.35. The Hall–Kier alpha value is -0.810. The molecule has 0 aliphatic rings. The second kappa shape index (κ2) is 10.1. The summed E-state index contributed by atoms with van der Waals surface area (Å²) < 4.78 is 4.99. The Bertz CT molecular complexity index is 220. The van der Waals surface area contributed by atoms with E-state index in [1.807, 2.05) is 6.92 Å². The molecule has 108 valence electrons. The molecule has 0 aliphatic carbocycles. The number of ether oxygens (including phenoxy) is 1. The fourth-order valence-electron chi connectivity index (χ4n) is 1.61. The van der Waals surface area contributed by atoms with Crippen LogP contribution in [0.2, 0.25) is 0 Å². The van der Waals surface area contributed by atoms with Crippen molar-refractivity contribution in [2.24, 2.45) is 10.4 Å². The van der Waals surface area contributed by atoms with E-state index in [4.69, 9.17) is 4.74 Å². The van der Waals surface area contributed by atoms with Crippen LogP contribution < -0.4 is 10.6 Å². The zero-order valence-electron chi connectivity index (χ0n) is 12.3. The van der Waals surface area contributed by atoms with Gasteiger partial charge in [0.15, 0.2) is 5.96 Å². The van der Waals surface area contributed by atoms with Gasteiger partial charge in [-0.3, -0.25) is 4.99 Å². The zero-order chi connectivity index (χ0) is 13.9. The minimum Gasteiger partial charge on any atom is -0.396 e. The molecule has 0 atom stereocenters. The summed E-state index contributed by atoms with van der Waals surface area (Å²) in [6.07, 6.45) is 1.86. The van der Waals surface area contributed by atoms with Gasteiger partial charge in [0.25, 0.3) is 0 Å². The summed E-state index contributed by atoms with van der Waals surface area (Å²) in [6, 6.07) is 0. The summed E-state index contributed by atoms with van der Waals surface area (Å²) in [6.45, 7) is 9.25. The van der Waals surface area contributed by atoms with E-state index in [1.165, 1.54) is 0 Å². The Balaban J connectivity index is 4.43. The summed E-state index contributed by atoms with van der Waals surface area (Å²) in [5.41, 5.74) is -0.0936. The van der Waals surface area contributed by atoms with E-state index in [2.05, 4.69) is 29.5 Å². The van der Waals surface area contributed by atoms with Crippen molar-refractivity contribution in [1.29, 1.82) is 0 Å². The molecule has 0 aromatic carbocycles. The molecule has 0 radical (unpaired) electrons. The van der Waals surface area contributed by atoms with E-state index < -0.39 is 0 Å². The van der Waals surface area contributed by atoms with Crippen LogP contribution in [0.5, 0.6) is 0 Å². The maximum atomic E-state index is 9.50. The Morgan fingerprint density at radius 3 is 2.33 bits per heavy atom. The molecule has 5 nitrogen and oxygen atoms in total. The fourth-order valence-corrected chi connectivity index (χ4v) is 1.61. The average molecular weight is 259 g/mol. The van der Waals surface area contributed by atoms with Gasteiger partial charge in [0.2, 0.25) is 0 Å². The molecule has 0 rings (SSSR count). The van der Waals surface area contributed by atoms with Crippen LogP contribution in [0.4, 0.5) is 0 Å². The van der Waals surface area contributed by atoms with Gasteiger partial charge in [0.1, 0.15) is 0 Å². The molecule has 3 N–H and O–H groups in total. The summed E-state index contributed by atoms with van der Waals surface area (Å²) in [4.78, 5) is 4.55. The summed E-state index contributed by atoms with van der Waals surface area (Å²) in [5.74, 6) is 0.786. The first-order valence-corrected chi connectivity index (χ1v) is 6.80. The Labute approximate surface area is 111 Å². The predicted molar refractivity (Wildman–Crippen MR) is 76.0 cm³/mol. The maximum absolute atomic E-state index is 9.50. The molecular formula is C13H29N3O2. The molecule has 0 aliphatic heterocycles. The first kappa shape index (κ1) is 17.2. The highest BCUT2D eigenvalue weighted by Gasteiger charge is 2.24. The second-order valence-electron chi connectivity index (χ2n) is 4.48. The quantitative estimate of drug-likeness (QED) is 0.328. The van der Waals surface area contributed by atoms with E-state index in [-0.39, 0.29) is 12.0 Å². The summed E-state index contributed by atoms with van der Waals surface area (Å²) in [7, 11) is 1.68. The molecule has 0 unspecified atom stereocenters. The van der Waals surface area contributed by atoms with E-state index in [9.17, 15) is 5.11 Å². The van der Waals surface area contributed by atoms with Crippen LogP contribution in [-0.2, 0) is 4.74 Å². The molecule has 0 amide bonds. The lowest BCUT2D eigenvalue weighted by Gasteiger charge is -2.27. The van der Waals surface area contributed by atoms with Gasteiger partial charge in [-0.15, -0.1) is 0 Å². The lowest BCUT2D eigenvalue weighted by molar-refractivity contribution is 0.123. The third-order valence-electron chi connectivity index (χ3n) is 3.35. The number of aliphatic imine (C=N–C) groups is 1. The van der Waals surface area contributed by atoms with Crippen molar-refractivity contribution in [1.82, 2.24) is 10.6 Å². The van der Waals surface area contributed by atoms with Crippen LogP contribution in [0, 0.1) is 5.41 Å². The van der Waals surface area contributed by atoms with Crippen LogP contribution in [0.1, 0.15) is 33.6 Å². The van der Waals surface area contributed by atoms with Gasteiger partial charge in [-0.2, -0.15) is 0 Å². The Morgan fingerprint density at radius 1 is 1.22 bits per heavy atom. The van der Waals surface area contributed by atoms with Crippen molar-refractivity contribution < 1.29 is 9.84 Å². The van der Waals surface area contributed by atoms with E-state index >= 15 is 0 Å². The summed E-state index contributed by atoms with van der Waals surface area (Å²) in [5, 5.41) is 15.9. The molecule has 0 spiro atoms. The average Bonchev–Trinajstić information content (AvgIpc) is 2.41. The van der Waals surface area contributed by atoms with E-state index in [1.54, 1.807) is 7.11 Å². The number of nitrogens with zero attached hydrogens (tertiary/aromatic N) is 1. The molecule has 5 heteroatoms. The van der Waals surface area contributed by atoms with Crippen molar-refractivity contribution in [2.45, 2.75) is 33.6 Å². The van der Waals surface area contributed by atoms with Crippen molar-refractivity contribution in [2.75, 3.05) is 40.0 Å². The first-order valence-electron chi connectivity index (χ1n) is 6.80. The van der Waals surface area contributed by atoms with Crippen LogP contribution in [0.3, 0.4) is 0 Å². The highest BCUT2D eigenvalue weighted by Crippen LogP contribution is 2.25. The zero-order valence-corrected chi connectivity index (χ0v) is 12.3. The SMILES string of the molecule is CCNC(=NCC(CC)(CC)CO)NCCOC. The highest BCUT2D eigenvalue weighted by molar-refractivity contribution is 5.79. The lowest BCUT2D eigenvalue weighted by Crippen LogP contribution is -2.40. The van der Waals surface area contributed by atoms with Gasteiger partial charge in [-0.05, 0) is 19.8 Å². The Morgan fingerprint density at radius 2 is 1.89 bits per heavy atom. The number of aliphatic hydroxyl groups excluding tert-OH is 1. The second-order valence-corrected chi connectivity index (χ2v) is 4.48. The number of guanidine groups is 1. The van der Waals surface area contributed by atoms with Crippen LogP contribution in [-0.4, -0.2) is 51.0 Å². The number of hydrogen-bond acceptors (Lipinski definition) is 3. The lowest BCUT2D eigenvalue weighted by atomic mass is 9.83. The standard InChI is InChI=1S/C13H29N3O2/c1-5-13(6-2,11-17)10-16-12(14-7-3)15-8-9-18-4/h17H,5-11H2,1-4H3,(H2,14,15,16). The molecule has 0 heterocycles. The molecule has 0 aromatic heterocycles. The molecule has 0 bridgehead atoms. The normalized spacial score (nSPS) is 12.6. The van der Waals surface area contributed by atoms with Crippen molar-refractivity contribution in [3.05, 3.63) is 0 Å². The Kier molecular flexibility index (Phi) is 9.69.